The maximum atomic E-state index is 6.26. The highest BCUT2D eigenvalue weighted by molar-refractivity contribution is 7.11. The molecule has 1 unspecified atom stereocenters. The molecule has 0 aliphatic carbocycles. The zero-order chi connectivity index (χ0) is 10.5. The van der Waals surface area contributed by atoms with Gasteiger partial charge in [-0.2, -0.15) is 0 Å². The van der Waals surface area contributed by atoms with Crippen LogP contribution in [-0.2, 0) is 0 Å². The topological polar surface area (TPSA) is 9.23 Å². The van der Waals surface area contributed by atoms with Gasteiger partial charge in [0.25, 0.3) is 0 Å². The summed E-state index contributed by atoms with van der Waals surface area (Å²) in [5.41, 5.74) is 0. The fourth-order valence-corrected chi connectivity index (χ4v) is 3.09. The molecular formula is C12H11ClOSi. The van der Waals surface area contributed by atoms with E-state index in [4.69, 9.17) is 15.5 Å². The second-order valence-electron chi connectivity index (χ2n) is 3.16. The van der Waals surface area contributed by atoms with E-state index < -0.39 is 8.35 Å². The van der Waals surface area contributed by atoms with Crippen LogP contribution >= 0.6 is 11.1 Å². The van der Waals surface area contributed by atoms with Crippen molar-refractivity contribution in [2.45, 2.75) is 0 Å². The number of benzene rings is 2. The minimum atomic E-state index is -1.81. The molecule has 0 amide bonds. The molecule has 2 aromatic carbocycles. The lowest BCUT2D eigenvalue weighted by molar-refractivity contribution is 0.598. The number of halogens is 1. The van der Waals surface area contributed by atoms with Crippen molar-refractivity contribution in [3.05, 3.63) is 60.7 Å². The Balaban J connectivity index is 2.08. The van der Waals surface area contributed by atoms with Crippen molar-refractivity contribution in [1.82, 2.24) is 0 Å². The molecule has 15 heavy (non-hydrogen) atoms. The Morgan fingerprint density at radius 3 is 1.93 bits per heavy atom. The molecule has 0 bridgehead atoms. The highest BCUT2D eigenvalue weighted by Gasteiger charge is 2.11. The SMILES string of the molecule is Cl[SiH](Oc1ccccc1)c1ccccc1. The van der Waals surface area contributed by atoms with E-state index >= 15 is 0 Å². The third-order valence-corrected chi connectivity index (χ3v) is 4.46. The number of hydrogen-bond donors (Lipinski definition) is 0. The van der Waals surface area contributed by atoms with Crippen molar-refractivity contribution >= 4 is 24.6 Å². The summed E-state index contributed by atoms with van der Waals surface area (Å²) in [5.74, 6) is 0.841. The summed E-state index contributed by atoms with van der Waals surface area (Å²) in [6.07, 6.45) is 0. The monoisotopic (exact) mass is 234 g/mol. The second-order valence-corrected chi connectivity index (χ2v) is 5.88. The van der Waals surface area contributed by atoms with Gasteiger partial charge in [0, 0.05) is 0 Å². The maximum absolute atomic E-state index is 6.26. The van der Waals surface area contributed by atoms with Gasteiger partial charge in [0.15, 0.2) is 0 Å². The van der Waals surface area contributed by atoms with Gasteiger partial charge in [-0.25, -0.2) is 0 Å². The first kappa shape index (κ1) is 10.3. The van der Waals surface area contributed by atoms with Crippen LogP contribution in [0.3, 0.4) is 0 Å². The molecule has 0 saturated heterocycles. The van der Waals surface area contributed by atoms with Crippen LogP contribution in [0.4, 0.5) is 0 Å². The molecule has 0 heterocycles. The Hall–Kier alpha value is -1.25. The fraction of sp³-hybridized carbons (Fsp3) is 0. The Kier molecular flexibility index (Phi) is 3.43. The minimum absolute atomic E-state index is 0.841. The van der Waals surface area contributed by atoms with Crippen LogP contribution in [0.5, 0.6) is 5.75 Å². The number of hydrogen-bond acceptors (Lipinski definition) is 1. The quantitative estimate of drug-likeness (QED) is 0.586. The van der Waals surface area contributed by atoms with Crippen molar-refractivity contribution in [3.63, 3.8) is 0 Å². The predicted molar refractivity (Wildman–Crippen MR) is 66.1 cm³/mol. The van der Waals surface area contributed by atoms with Gasteiger partial charge in [-0.05, 0) is 17.3 Å². The molecule has 0 saturated carbocycles. The predicted octanol–water partition coefficient (Wildman–Crippen LogP) is 2.43. The van der Waals surface area contributed by atoms with E-state index in [1.54, 1.807) is 0 Å². The van der Waals surface area contributed by atoms with Crippen LogP contribution < -0.4 is 9.61 Å². The van der Waals surface area contributed by atoms with E-state index in [0.29, 0.717) is 0 Å². The molecule has 0 fully saturated rings. The van der Waals surface area contributed by atoms with Gasteiger partial charge in [0.2, 0.25) is 0 Å². The van der Waals surface area contributed by atoms with Crippen LogP contribution in [0.1, 0.15) is 0 Å². The normalized spacial score (nSPS) is 12.1. The highest BCUT2D eigenvalue weighted by atomic mass is 35.6. The van der Waals surface area contributed by atoms with Gasteiger partial charge < -0.3 is 4.43 Å². The zero-order valence-electron chi connectivity index (χ0n) is 8.14. The van der Waals surface area contributed by atoms with E-state index in [1.165, 1.54) is 0 Å². The lowest BCUT2D eigenvalue weighted by Crippen LogP contribution is -2.30. The van der Waals surface area contributed by atoms with Crippen molar-refractivity contribution < 1.29 is 4.43 Å². The van der Waals surface area contributed by atoms with Gasteiger partial charge in [-0.1, -0.05) is 48.5 Å². The fourth-order valence-electron chi connectivity index (χ4n) is 1.29. The van der Waals surface area contributed by atoms with Gasteiger partial charge in [0.1, 0.15) is 5.75 Å². The molecule has 0 aliphatic rings. The molecule has 0 aromatic heterocycles. The third kappa shape index (κ3) is 2.85. The lowest BCUT2D eigenvalue weighted by Gasteiger charge is -2.11. The van der Waals surface area contributed by atoms with Crippen molar-refractivity contribution in [3.8, 4) is 5.75 Å². The molecule has 3 heteroatoms. The minimum Gasteiger partial charge on any atom is -0.528 e. The maximum Gasteiger partial charge on any atom is 0.364 e. The Bertz CT molecular complexity index is 404. The Labute approximate surface area is 95.7 Å². The second kappa shape index (κ2) is 5.00. The first-order valence-corrected chi connectivity index (χ1v) is 7.56. The highest BCUT2D eigenvalue weighted by Crippen LogP contribution is 2.10. The molecular weight excluding hydrogens is 224 g/mol. The van der Waals surface area contributed by atoms with Crippen LogP contribution in [-0.4, -0.2) is 8.35 Å². The first-order valence-electron chi connectivity index (χ1n) is 4.77. The molecule has 0 radical (unpaired) electrons. The summed E-state index contributed by atoms with van der Waals surface area (Å²) in [6.45, 7) is 0. The first-order chi connectivity index (χ1) is 7.36. The Morgan fingerprint density at radius 1 is 0.800 bits per heavy atom. The van der Waals surface area contributed by atoms with Crippen molar-refractivity contribution in [2.75, 3.05) is 0 Å². The van der Waals surface area contributed by atoms with Gasteiger partial charge in [0.05, 0.1) is 0 Å². The number of rotatable bonds is 3. The van der Waals surface area contributed by atoms with E-state index in [-0.39, 0.29) is 0 Å². The molecule has 76 valence electrons. The average Bonchev–Trinajstić information content (AvgIpc) is 2.31. The standard InChI is InChI=1S/C12H11ClOSi/c13-15(12-9-5-2-6-10-12)14-11-7-3-1-4-8-11/h1-10,15H. The summed E-state index contributed by atoms with van der Waals surface area (Å²) < 4.78 is 5.70. The van der Waals surface area contributed by atoms with Gasteiger partial charge in [-0.3, -0.25) is 0 Å². The van der Waals surface area contributed by atoms with Crippen LogP contribution in [0.15, 0.2) is 60.7 Å². The van der Waals surface area contributed by atoms with E-state index in [9.17, 15) is 0 Å². The molecule has 0 N–H and O–H groups in total. The summed E-state index contributed by atoms with van der Waals surface area (Å²) in [4.78, 5) is 0. The molecule has 0 aliphatic heterocycles. The Morgan fingerprint density at radius 2 is 1.33 bits per heavy atom. The van der Waals surface area contributed by atoms with Crippen LogP contribution in [0.25, 0.3) is 0 Å². The van der Waals surface area contributed by atoms with E-state index in [0.717, 1.165) is 10.9 Å². The largest absolute Gasteiger partial charge is 0.528 e. The molecule has 0 spiro atoms. The average molecular weight is 235 g/mol. The molecule has 2 aromatic rings. The van der Waals surface area contributed by atoms with Gasteiger partial charge in [-0.15, -0.1) is 11.1 Å². The van der Waals surface area contributed by atoms with Crippen LogP contribution in [0.2, 0.25) is 0 Å². The summed E-state index contributed by atoms with van der Waals surface area (Å²) in [7, 11) is -1.81. The van der Waals surface area contributed by atoms with Crippen molar-refractivity contribution in [2.24, 2.45) is 0 Å². The van der Waals surface area contributed by atoms with Crippen molar-refractivity contribution in [1.29, 1.82) is 0 Å². The third-order valence-electron chi connectivity index (χ3n) is 2.04. The van der Waals surface area contributed by atoms with E-state index in [1.807, 2.05) is 60.7 Å². The lowest BCUT2D eigenvalue weighted by atomic mass is 10.3. The molecule has 2 rings (SSSR count). The summed E-state index contributed by atoms with van der Waals surface area (Å²) in [5, 5.41) is 1.10. The van der Waals surface area contributed by atoms with Crippen LogP contribution in [0, 0.1) is 0 Å². The smallest absolute Gasteiger partial charge is 0.364 e. The summed E-state index contributed by atoms with van der Waals surface area (Å²) in [6, 6.07) is 19.6. The zero-order valence-corrected chi connectivity index (χ0v) is 10.0. The van der Waals surface area contributed by atoms with E-state index in [2.05, 4.69) is 0 Å². The molecule has 1 atom stereocenters. The van der Waals surface area contributed by atoms with Gasteiger partial charge >= 0.3 is 8.35 Å². The number of para-hydroxylation sites is 1. The summed E-state index contributed by atoms with van der Waals surface area (Å²) >= 11 is 6.26. The molecule has 1 nitrogen and oxygen atoms in total.